The number of fused-ring (bicyclic) bond motifs is 3. The lowest BCUT2D eigenvalue weighted by atomic mass is 9.98. The number of halogens is 1. The Hall–Kier alpha value is -2.67. The van der Waals surface area contributed by atoms with Crippen LogP contribution in [-0.4, -0.2) is 35.6 Å². The Kier molecular flexibility index (Phi) is 7.25. The molecule has 0 bridgehead atoms. The number of aliphatic hydroxyl groups is 2. The van der Waals surface area contributed by atoms with Gasteiger partial charge in [-0.05, 0) is 39.8 Å². The molecule has 0 spiro atoms. The topological polar surface area (TPSA) is 78.8 Å². The van der Waals surface area contributed by atoms with Gasteiger partial charge in [-0.1, -0.05) is 88.7 Å². The zero-order valence-electron chi connectivity index (χ0n) is 17.6. The normalized spacial score (nSPS) is 14.3. The second-order valence-electron chi connectivity index (χ2n) is 7.93. The number of carbonyl (C=O) groups is 1. The van der Waals surface area contributed by atoms with E-state index in [1.54, 1.807) is 12.1 Å². The number of hydrogen-bond acceptors (Lipinski definition) is 4. The van der Waals surface area contributed by atoms with Crippen molar-refractivity contribution in [3.8, 4) is 11.1 Å². The van der Waals surface area contributed by atoms with Crippen LogP contribution in [0.3, 0.4) is 0 Å². The minimum atomic E-state index is -1.01. The highest BCUT2D eigenvalue weighted by Crippen LogP contribution is 2.44. The number of hydrogen-bond donors (Lipinski definition) is 3. The smallest absolute Gasteiger partial charge is 0.407 e. The molecule has 3 aromatic rings. The van der Waals surface area contributed by atoms with Crippen LogP contribution in [0.5, 0.6) is 0 Å². The van der Waals surface area contributed by atoms with Crippen LogP contribution in [0.2, 0.25) is 0 Å². The first-order chi connectivity index (χ1) is 15.6. The number of carbonyl (C=O) groups excluding carboxylic acids is 1. The Morgan fingerprint density at radius 1 is 0.938 bits per heavy atom. The summed E-state index contributed by atoms with van der Waals surface area (Å²) in [5.74, 6) is 0.00283. The first-order valence-corrected chi connectivity index (χ1v) is 11.8. The van der Waals surface area contributed by atoms with Crippen molar-refractivity contribution < 1.29 is 19.7 Å². The molecule has 2 unspecified atom stereocenters. The molecule has 0 radical (unpaired) electrons. The monoisotopic (exact) mass is 495 g/mol. The van der Waals surface area contributed by atoms with E-state index in [2.05, 4.69) is 45.5 Å². The largest absolute Gasteiger partial charge is 0.449 e. The summed E-state index contributed by atoms with van der Waals surface area (Å²) >= 11 is 3.38. The van der Waals surface area contributed by atoms with Gasteiger partial charge in [-0.15, -0.1) is 0 Å². The predicted molar refractivity (Wildman–Crippen MR) is 128 cm³/mol. The molecule has 4 rings (SSSR count). The van der Waals surface area contributed by atoms with Crippen molar-refractivity contribution in [2.45, 2.75) is 29.9 Å². The number of amides is 1. The Morgan fingerprint density at radius 2 is 1.53 bits per heavy atom. The summed E-state index contributed by atoms with van der Waals surface area (Å²) in [5.41, 5.74) is 6.41. The van der Waals surface area contributed by atoms with E-state index in [9.17, 15) is 15.0 Å². The Bertz CT molecular complexity index is 1020. The summed E-state index contributed by atoms with van der Waals surface area (Å²) in [4.78, 5) is 12.2. The van der Waals surface area contributed by atoms with Gasteiger partial charge >= 0.3 is 6.09 Å². The van der Waals surface area contributed by atoms with Crippen molar-refractivity contribution in [2.24, 2.45) is 0 Å². The average Bonchev–Trinajstić information content (AvgIpc) is 3.16. The van der Waals surface area contributed by atoms with Crippen LogP contribution in [0, 0.1) is 0 Å². The van der Waals surface area contributed by atoms with Crippen LogP contribution in [0.4, 0.5) is 4.79 Å². The Morgan fingerprint density at radius 3 is 2.12 bits per heavy atom. The molecule has 5 nitrogen and oxygen atoms in total. The van der Waals surface area contributed by atoms with Gasteiger partial charge in [-0.2, -0.15) is 0 Å². The third kappa shape index (κ3) is 4.88. The van der Waals surface area contributed by atoms with Crippen LogP contribution >= 0.6 is 15.9 Å². The highest BCUT2D eigenvalue weighted by Gasteiger charge is 2.29. The molecule has 0 fully saturated rings. The predicted octanol–water partition coefficient (Wildman–Crippen LogP) is 4.90. The van der Waals surface area contributed by atoms with Crippen molar-refractivity contribution in [2.75, 3.05) is 13.2 Å². The number of alkyl carbamates (subject to hydrolysis) is 1. The molecule has 0 heterocycles. The highest BCUT2D eigenvalue weighted by molar-refractivity contribution is 9.08. The fourth-order valence-corrected chi connectivity index (χ4v) is 4.53. The van der Waals surface area contributed by atoms with Crippen molar-refractivity contribution in [1.82, 2.24) is 5.32 Å². The molecule has 166 valence electrons. The number of benzene rings is 3. The molecule has 1 amide bonds. The van der Waals surface area contributed by atoms with Crippen LogP contribution in [0.25, 0.3) is 11.1 Å². The number of nitrogens with one attached hydrogen (secondary N) is 1. The van der Waals surface area contributed by atoms with Gasteiger partial charge in [0.1, 0.15) is 12.7 Å². The Labute approximate surface area is 196 Å². The van der Waals surface area contributed by atoms with E-state index in [1.165, 1.54) is 11.1 Å². The van der Waals surface area contributed by atoms with Crippen LogP contribution < -0.4 is 5.32 Å². The van der Waals surface area contributed by atoms with Crippen molar-refractivity contribution in [3.63, 3.8) is 0 Å². The third-order valence-electron chi connectivity index (χ3n) is 5.89. The van der Waals surface area contributed by atoms with Crippen LogP contribution in [0.15, 0.2) is 72.8 Å². The molecular formula is C26H26BrNO4. The van der Waals surface area contributed by atoms with Gasteiger partial charge in [-0.25, -0.2) is 4.79 Å². The van der Waals surface area contributed by atoms with Crippen molar-refractivity contribution in [1.29, 1.82) is 0 Å². The van der Waals surface area contributed by atoms with E-state index >= 15 is 0 Å². The minimum absolute atomic E-state index is 0.00283. The van der Waals surface area contributed by atoms with Gasteiger partial charge in [0.05, 0.1) is 6.10 Å². The summed E-state index contributed by atoms with van der Waals surface area (Å²) in [6, 6.07) is 23.7. The van der Waals surface area contributed by atoms with E-state index < -0.39 is 18.3 Å². The lowest BCUT2D eigenvalue weighted by Crippen LogP contribution is -2.30. The minimum Gasteiger partial charge on any atom is -0.449 e. The highest BCUT2D eigenvalue weighted by atomic mass is 79.9. The van der Waals surface area contributed by atoms with Crippen molar-refractivity contribution in [3.05, 3.63) is 95.1 Å². The summed E-state index contributed by atoms with van der Waals surface area (Å²) in [5, 5.41) is 24.0. The molecule has 32 heavy (non-hydrogen) atoms. The Balaban J connectivity index is 1.27. The second-order valence-corrected chi connectivity index (χ2v) is 8.49. The maximum atomic E-state index is 12.2. The third-order valence-corrected chi connectivity index (χ3v) is 6.54. The zero-order valence-corrected chi connectivity index (χ0v) is 19.2. The number of alkyl halides is 1. The number of ether oxygens (including phenoxy) is 1. The maximum Gasteiger partial charge on any atom is 0.407 e. The number of rotatable bonds is 8. The van der Waals surface area contributed by atoms with Gasteiger partial charge in [-0.3, -0.25) is 0 Å². The van der Waals surface area contributed by atoms with E-state index in [0.717, 1.165) is 22.0 Å². The van der Waals surface area contributed by atoms with Gasteiger partial charge in [0.25, 0.3) is 0 Å². The molecule has 1 aliphatic rings. The standard InChI is InChI=1S/C26H26BrNO4/c27-15-17-9-11-18(12-10-17)25(30)24(29)13-14-28-26(31)32-16-23-21-7-3-1-5-19(21)20-6-2-4-8-22(20)23/h1-12,23-25,29-30H,13-16H2,(H,28,31). The number of aliphatic hydroxyl groups excluding tert-OH is 2. The molecule has 0 aliphatic heterocycles. The van der Waals surface area contributed by atoms with E-state index in [-0.39, 0.29) is 25.5 Å². The SMILES string of the molecule is O=C(NCCC(O)C(O)c1ccc(CBr)cc1)OCC1c2ccccc2-c2ccccc21. The second kappa shape index (κ2) is 10.3. The van der Waals surface area contributed by atoms with E-state index in [4.69, 9.17) is 4.74 Å². The van der Waals surface area contributed by atoms with Gasteiger partial charge < -0.3 is 20.3 Å². The van der Waals surface area contributed by atoms with Crippen molar-refractivity contribution >= 4 is 22.0 Å². The quantitative estimate of drug-likeness (QED) is 0.388. The first-order valence-electron chi connectivity index (χ1n) is 10.7. The molecule has 2 atom stereocenters. The fourth-order valence-electron chi connectivity index (χ4n) is 4.16. The molecule has 0 aromatic heterocycles. The van der Waals surface area contributed by atoms with E-state index in [1.807, 2.05) is 36.4 Å². The molecule has 0 saturated heterocycles. The van der Waals surface area contributed by atoms with Crippen LogP contribution in [0.1, 0.15) is 40.7 Å². The van der Waals surface area contributed by atoms with E-state index in [0.29, 0.717) is 5.56 Å². The molecule has 6 heteroatoms. The lowest BCUT2D eigenvalue weighted by Gasteiger charge is -2.19. The molecular weight excluding hydrogens is 470 g/mol. The first kappa shape index (κ1) is 22.5. The van der Waals surface area contributed by atoms with Gasteiger partial charge in [0.15, 0.2) is 0 Å². The molecule has 3 aromatic carbocycles. The summed E-state index contributed by atoms with van der Waals surface area (Å²) in [6.07, 6.45) is -2.32. The zero-order chi connectivity index (χ0) is 22.5. The summed E-state index contributed by atoms with van der Waals surface area (Å²) < 4.78 is 5.49. The molecule has 0 saturated carbocycles. The average molecular weight is 496 g/mol. The summed E-state index contributed by atoms with van der Waals surface area (Å²) in [7, 11) is 0. The van der Waals surface area contributed by atoms with Gasteiger partial charge in [0.2, 0.25) is 0 Å². The van der Waals surface area contributed by atoms with Crippen LogP contribution in [-0.2, 0) is 10.1 Å². The maximum absolute atomic E-state index is 12.2. The van der Waals surface area contributed by atoms with Gasteiger partial charge in [0, 0.05) is 17.8 Å². The lowest BCUT2D eigenvalue weighted by molar-refractivity contribution is 0.0136. The molecule has 3 N–H and O–H groups in total. The molecule has 1 aliphatic carbocycles. The summed E-state index contributed by atoms with van der Waals surface area (Å²) in [6.45, 7) is 0.444. The fraction of sp³-hybridized carbons (Fsp3) is 0.269.